The van der Waals surface area contributed by atoms with E-state index in [0.717, 1.165) is 29.2 Å². The van der Waals surface area contributed by atoms with Gasteiger partial charge in [0.25, 0.3) is 5.56 Å². The van der Waals surface area contributed by atoms with Crippen molar-refractivity contribution in [3.8, 4) is 0 Å². The van der Waals surface area contributed by atoms with Crippen molar-refractivity contribution in [3.05, 3.63) is 33.2 Å². The van der Waals surface area contributed by atoms with Crippen LogP contribution in [0, 0.1) is 0 Å². The second kappa shape index (κ2) is 2.90. The summed E-state index contributed by atoms with van der Waals surface area (Å²) >= 11 is 1.51. The second-order valence-electron chi connectivity index (χ2n) is 3.32. The maximum absolute atomic E-state index is 11.9. The normalized spacial score (nSPS) is 15.7. The molecule has 1 aliphatic heterocycles. The fourth-order valence-corrected chi connectivity index (χ4v) is 2.49. The molecule has 2 aromatic rings. The Hall–Kier alpha value is -1.20. The van der Waals surface area contributed by atoms with Crippen LogP contribution in [0.2, 0.25) is 0 Å². The molecule has 72 valence electrons. The highest BCUT2D eigenvalue weighted by Crippen LogP contribution is 2.12. The van der Waals surface area contributed by atoms with Crippen molar-refractivity contribution in [2.45, 2.75) is 13.0 Å². The molecule has 0 radical (unpaired) electrons. The largest absolute Gasteiger partial charge is 0.312 e. The molecule has 0 amide bonds. The van der Waals surface area contributed by atoms with Crippen LogP contribution >= 0.6 is 11.3 Å². The average molecular weight is 207 g/mol. The van der Waals surface area contributed by atoms with Gasteiger partial charge in [0.1, 0.15) is 0 Å². The predicted molar refractivity (Wildman–Crippen MR) is 54.7 cm³/mol. The summed E-state index contributed by atoms with van der Waals surface area (Å²) in [6.45, 7) is 1.57. The summed E-state index contributed by atoms with van der Waals surface area (Å²) in [5, 5.41) is 5.08. The Balaban J connectivity index is 2.42. The fraction of sp³-hybridized carbons (Fsp3) is 0.333. The standard InChI is InChI=1S/C9H9N3OS/c13-8-6-5-10-2-1-7(6)11-9-12(8)3-4-14-9/h3-4,10H,1-2,5H2. The first-order valence-electron chi connectivity index (χ1n) is 4.54. The topological polar surface area (TPSA) is 46.4 Å². The Morgan fingerprint density at radius 3 is 3.43 bits per heavy atom. The third-order valence-electron chi connectivity index (χ3n) is 2.49. The number of nitrogens with one attached hydrogen (secondary N) is 1. The molecule has 3 rings (SSSR count). The summed E-state index contributed by atoms with van der Waals surface area (Å²) in [6, 6.07) is 0. The number of rotatable bonds is 0. The molecule has 0 aliphatic carbocycles. The molecule has 14 heavy (non-hydrogen) atoms. The monoisotopic (exact) mass is 207 g/mol. The van der Waals surface area contributed by atoms with E-state index in [2.05, 4.69) is 10.3 Å². The Morgan fingerprint density at radius 1 is 1.57 bits per heavy atom. The molecule has 4 nitrogen and oxygen atoms in total. The van der Waals surface area contributed by atoms with E-state index in [1.165, 1.54) is 11.3 Å². The molecular weight excluding hydrogens is 198 g/mol. The number of fused-ring (bicyclic) bond motifs is 2. The molecule has 0 bridgehead atoms. The lowest BCUT2D eigenvalue weighted by Gasteiger charge is -2.14. The van der Waals surface area contributed by atoms with Crippen LogP contribution in [-0.2, 0) is 13.0 Å². The molecule has 0 saturated carbocycles. The Kier molecular flexibility index (Phi) is 1.68. The molecule has 5 heteroatoms. The van der Waals surface area contributed by atoms with Crippen LogP contribution in [0.25, 0.3) is 4.96 Å². The molecule has 0 atom stereocenters. The zero-order chi connectivity index (χ0) is 9.54. The SMILES string of the molecule is O=c1c2c(nc3sccn13)CCNC2. The highest BCUT2D eigenvalue weighted by atomic mass is 32.1. The predicted octanol–water partition coefficient (Wildman–Crippen LogP) is 0.402. The summed E-state index contributed by atoms with van der Waals surface area (Å²) in [5.74, 6) is 0. The van der Waals surface area contributed by atoms with Crippen LogP contribution in [0.15, 0.2) is 16.4 Å². The van der Waals surface area contributed by atoms with Gasteiger partial charge >= 0.3 is 0 Å². The van der Waals surface area contributed by atoms with E-state index in [-0.39, 0.29) is 5.56 Å². The van der Waals surface area contributed by atoms with Gasteiger partial charge in [-0.2, -0.15) is 0 Å². The summed E-state index contributed by atoms with van der Waals surface area (Å²) in [4.78, 5) is 17.2. The lowest BCUT2D eigenvalue weighted by atomic mass is 10.1. The highest BCUT2D eigenvalue weighted by molar-refractivity contribution is 7.15. The molecule has 0 saturated heterocycles. The van der Waals surface area contributed by atoms with Gasteiger partial charge in [-0.05, 0) is 0 Å². The van der Waals surface area contributed by atoms with E-state index in [1.807, 2.05) is 5.38 Å². The maximum atomic E-state index is 11.9. The van der Waals surface area contributed by atoms with Gasteiger partial charge in [0, 0.05) is 31.1 Å². The number of thiazole rings is 1. The molecule has 1 aliphatic rings. The van der Waals surface area contributed by atoms with Gasteiger partial charge in [0.2, 0.25) is 0 Å². The molecule has 3 heterocycles. The van der Waals surface area contributed by atoms with Crippen molar-refractivity contribution in [1.29, 1.82) is 0 Å². The van der Waals surface area contributed by atoms with Crippen LogP contribution in [-0.4, -0.2) is 15.9 Å². The second-order valence-corrected chi connectivity index (χ2v) is 4.20. The van der Waals surface area contributed by atoms with E-state index in [1.54, 1.807) is 10.6 Å². The highest BCUT2D eigenvalue weighted by Gasteiger charge is 2.15. The quantitative estimate of drug-likeness (QED) is 0.680. The molecule has 1 N–H and O–H groups in total. The Labute approximate surface area is 84.2 Å². The Bertz CT molecular complexity index is 542. The third-order valence-corrected chi connectivity index (χ3v) is 3.24. The number of nitrogens with zero attached hydrogens (tertiary/aromatic N) is 2. The zero-order valence-corrected chi connectivity index (χ0v) is 8.30. The molecule has 2 aromatic heterocycles. The summed E-state index contributed by atoms with van der Waals surface area (Å²) < 4.78 is 1.62. The van der Waals surface area contributed by atoms with Crippen molar-refractivity contribution in [2.75, 3.05) is 6.54 Å². The number of hydrogen-bond acceptors (Lipinski definition) is 4. The van der Waals surface area contributed by atoms with E-state index < -0.39 is 0 Å². The zero-order valence-electron chi connectivity index (χ0n) is 7.49. The van der Waals surface area contributed by atoms with E-state index in [0.29, 0.717) is 6.54 Å². The van der Waals surface area contributed by atoms with E-state index in [9.17, 15) is 4.79 Å². The molecule has 0 fully saturated rings. The minimum atomic E-state index is 0.0819. The van der Waals surface area contributed by atoms with E-state index in [4.69, 9.17) is 0 Å². The van der Waals surface area contributed by atoms with Gasteiger partial charge < -0.3 is 5.32 Å². The fourth-order valence-electron chi connectivity index (χ4n) is 1.76. The first-order valence-corrected chi connectivity index (χ1v) is 5.42. The van der Waals surface area contributed by atoms with Crippen LogP contribution in [0.1, 0.15) is 11.3 Å². The molecule has 0 aromatic carbocycles. The smallest absolute Gasteiger partial charge is 0.263 e. The first kappa shape index (κ1) is 8.14. The van der Waals surface area contributed by atoms with Crippen LogP contribution < -0.4 is 10.9 Å². The van der Waals surface area contributed by atoms with Gasteiger partial charge in [-0.3, -0.25) is 9.20 Å². The summed E-state index contributed by atoms with van der Waals surface area (Å²) in [7, 11) is 0. The van der Waals surface area contributed by atoms with Crippen LogP contribution in [0.4, 0.5) is 0 Å². The van der Waals surface area contributed by atoms with Crippen molar-refractivity contribution in [3.63, 3.8) is 0 Å². The Morgan fingerprint density at radius 2 is 2.50 bits per heavy atom. The maximum Gasteiger partial charge on any atom is 0.263 e. The van der Waals surface area contributed by atoms with Gasteiger partial charge in [0.05, 0.1) is 11.3 Å². The minimum absolute atomic E-state index is 0.0819. The van der Waals surface area contributed by atoms with Gasteiger partial charge in [0.15, 0.2) is 4.96 Å². The first-order chi connectivity index (χ1) is 6.86. The van der Waals surface area contributed by atoms with Crippen molar-refractivity contribution in [2.24, 2.45) is 0 Å². The summed E-state index contributed by atoms with van der Waals surface area (Å²) in [6.07, 6.45) is 2.64. The van der Waals surface area contributed by atoms with Crippen LogP contribution in [0.5, 0.6) is 0 Å². The van der Waals surface area contributed by atoms with Gasteiger partial charge in [-0.15, -0.1) is 11.3 Å². The molecular formula is C9H9N3OS. The number of aromatic nitrogens is 2. The van der Waals surface area contributed by atoms with Gasteiger partial charge in [-0.1, -0.05) is 0 Å². The minimum Gasteiger partial charge on any atom is -0.312 e. The van der Waals surface area contributed by atoms with Crippen molar-refractivity contribution >= 4 is 16.3 Å². The lowest BCUT2D eigenvalue weighted by Crippen LogP contribution is -2.32. The van der Waals surface area contributed by atoms with Crippen LogP contribution in [0.3, 0.4) is 0 Å². The van der Waals surface area contributed by atoms with Crippen molar-refractivity contribution < 1.29 is 0 Å². The van der Waals surface area contributed by atoms with Gasteiger partial charge in [-0.25, -0.2) is 4.98 Å². The third kappa shape index (κ3) is 1.03. The average Bonchev–Trinajstić information content (AvgIpc) is 2.66. The molecule has 0 spiro atoms. The number of hydrogen-bond donors (Lipinski definition) is 1. The molecule has 0 unspecified atom stereocenters. The summed E-state index contributed by atoms with van der Waals surface area (Å²) in [5.41, 5.74) is 1.88. The van der Waals surface area contributed by atoms with Crippen molar-refractivity contribution in [1.82, 2.24) is 14.7 Å². The lowest BCUT2D eigenvalue weighted by molar-refractivity contribution is 0.621. The van der Waals surface area contributed by atoms with E-state index >= 15 is 0 Å².